The minimum atomic E-state index is 0.550. The van der Waals surface area contributed by atoms with Gasteiger partial charge in [0.2, 0.25) is 0 Å². The van der Waals surface area contributed by atoms with E-state index < -0.39 is 0 Å². The van der Waals surface area contributed by atoms with Crippen molar-refractivity contribution < 1.29 is 0 Å². The summed E-state index contributed by atoms with van der Waals surface area (Å²) in [7, 11) is 4.31. The number of benzene rings is 1. The highest BCUT2D eigenvalue weighted by Crippen LogP contribution is 2.30. The third-order valence-corrected chi connectivity index (χ3v) is 5.32. The molecule has 5 nitrogen and oxygen atoms in total. The number of rotatable bonds is 2. The van der Waals surface area contributed by atoms with Crippen LogP contribution in [-0.2, 0) is 0 Å². The molecule has 1 aromatic carbocycles. The summed E-state index contributed by atoms with van der Waals surface area (Å²) < 4.78 is 2.17. The van der Waals surface area contributed by atoms with Gasteiger partial charge in [-0.05, 0) is 57.6 Å². The Morgan fingerprint density at radius 2 is 2.08 bits per heavy atom. The Morgan fingerprint density at radius 1 is 1.28 bits per heavy atom. The predicted molar refractivity (Wildman–Crippen MR) is 101 cm³/mol. The highest BCUT2D eigenvalue weighted by Gasteiger charge is 2.25. The fourth-order valence-corrected chi connectivity index (χ4v) is 3.89. The molecule has 3 aromatic rings. The Labute approximate surface area is 148 Å². The van der Waals surface area contributed by atoms with Crippen LogP contribution in [0, 0.1) is 18.3 Å². The fraction of sp³-hybridized carbons (Fsp3) is 0.400. The molecule has 1 aliphatic rings. The quantitative estimate of drug-likeness (QED) is 0.722. The molecular formula is C20H23N5. The molecule has 0 radical (unpaired) electrons. The van der Waals surface area contributed by atoms with Crippen molar-refractivity contribution in [2.75, 3.05) is 32.1 Å². The first kappa shape index (κ1) is 15.9. The molecule has 0 bridgehead atoms. The molecule has 0 amide bonds. The van der Waals surface area contributed by atoms with Crippen molar-refractivity contribution in [1.82, 2.24) is 14.3 Å². The van der Waals surface area contributed by atoms with Crippen LogP contribution in [0.1, 0.15) is 24.0 Å². The van der Waals surface area contributed by atoms with Gasteiger partial charge in [0, 0.05) is 19.1 Å². The largest absolute Gasteiger partial charge is 0.356 e. The molecule has 0 saturated carbocycles. The lowest BCUT2D eigenvalue weighted by Gasteiger charge is -2.37. The van der Waals surface area contributed by atoms with Gasteiger partial charge in [-0.15, -0.1) is 0 Å². The summed E-state index contributed by atoms with van der Waals surface area (Å²) in [6.45, 7) is 4.05. The van der Waals surface area contributed by atoms with Gasteiger partial charge in [-0.3, -0.25) is 4.40 Å². The Kier molecular flexibility index (Phi) is 3.85. The molecule has 1 saturated heterocycles. The fourth-order valence-electron chi connectivity index (χ4n) is 3.89. The summed E-state index contributed by atoms with van der Waals surface area (Å²) in [6.07, 6.45) is 2.41. The van der Waals surface area contributed by atoms with Crippen LogP contribution >= 0.6 is 0 Å². The molecule has 0 spiro atoms. The first-order valence-electron chi connectivity index (χ1n) is 8.82. The van der Waals surface area contributed by atoms with E-state index in [1.165, 1.54) is 12.8 Å². The molecule has 1 unspecified atom stereocenters. The summed E-state index contributed by atoms with van der Waals surface area (Å²) in [4.78, 5) is 9.52. The number of nitrogens with zero attached hydrogens (tertiary/aromatic N) is 5. The molecule has 128 valence electrons. The van der Waals surface area contributed by atoms with Crippen molar-refractivity contribution in [3.63, 3.8) is 0 Å². The molecule has 1 atom stereocenters. The average Bonchev–Trinajstić information content (AvgIpc) is 3.00. The van der Waals surface area contributed by atoms with Gasteiger partial charge in [0.1, 0.15) is 11.9 Å². The van der Waals surface area contributed by atoms with Gasteiger partial charge < -0.3 is 9.80 Å². The third kappa shape index (κ3) is 2.54. The minimum Gasteiger partial charge on any atom is -0.356 e. The number of hydrogen-bond donors (Lipinski definition) is 0. The summed E-state index contributed by atoms with van der Waals surface area (Å²) in [6, 6.07) is 13.2. The first-order chi connectivity index (χ1) is 12.1. The van der Waals surface area contributed by atoms with Gasteiger partial charge in [0.05, 0.1) is 16.6 Å². The lowest BCUT2D eigenvalue weighted by atomic mass is 10.0. The smallest absolute Gasteiger partial charge is 0.157 e. The van der Waals surface area contributed by atoms with Gasteiger partial charge in [0.25, 0.3) is 0 Å². The van der Waals surface area contributed by atoms with E-state index in [1.54, 1.807) is 0 Å². The number of fused-ring (bicyclic) bond motifs is 3. The van der Waals surface area contributed by atoms with Crippen LogP contribution in [0.3, 0.4) is 0 Å². The van der Waals surface area contributed by atoms with Crippen LogP contribution in [0.4, 0.5) is 5.82 Å². The number of pyridine rings is 1. The van der Waals surface area contributed by atoms with Crippen molar-refractivity contribution in [2.24, 2.45) is 0 Å². The maximum Gasteiger partial charge on any atom is 0.157 e. The van der Waals surface area contributed by atoms with Crippen molar-refractivity contribution in [1.29, 1.82) is 5.26 Å². The number of aromatic nitrogens is 2. The highest BCUT2D eigenvalue weighted by molar-refractivity contribution is 5.85. The van der Waals surface area contributed by atoms with Gasteiger partial charge in [-0.1, -0.05) is 12.1 Å². The van der Waals surface area contributed by atoms with Gasteiger partial charge >= 0.3 is 0 Å². The van der Waals surface area contributed by atoms with E-state index in [1.807, 2.05) is 25.1 Å². The van der Waals surface area contributed by atoms with E-state index in [4.69, 9.17) is 4.98 Å². The molecule has 0 N–H and O–H groups in total. The van der Waals surface area contributed by atoms with Gasteiger partial charge in [-0.25, -0.2) is 4.98 Å². The standard InChI is InChI=1S/C20H23N5/c1-14-11-19(24-10-6-7-15(13-24)23(2)3)25-18-9-5-4-8-17(18)22-20(25)16(14)12-21/h4-5,8-9,11,15H,6-7,10,13H2,1-3H3. The number of hydrogen-bond acceptors (Lipinski definition) is 4. The predicted octanol–water partition coefficient (Wildman–Crippen LogP) is 3.20. The van der Waals surface area contributed by atoms with Crippen molar-refractivity contribution in [3.05, 3.63) is 41.5 Å². The molecular weight excluding hydrogens is 310 g/mol. The number of imidazole rings is 1. The lowest BCUT2D eigenvalue weighted by molar-refractivity contribution is 0.257. The number of likely N-dealkylation sites (N-methyl/N-ethyl adjacent to an activating group) is 1. The zero-order valence-corrected chi connectivity index (χ0v) is 15.0. The first-order valence-corrected chi connectivity index (χ1v) is 8.82. The maximum atomic E-state index is 9.63. The van der Waals surface area contributed by atoms with Crippen LogP contribution in [0.15, 0.2) is 30.3 Å². The Balaban J connectivity index is 1.96. The Hall–Kier alpha value is -2.58. The van der Waals surface area contributed by atoms with Crippen LogP contribution in [0.25, 0.3) is 16.7 Å². The summed E-state index contributed by atoms with van der Waals surface area (Å²) in [5.41, 5.74) is 4.43. The molecule has 1 fully saturated rings. The maximum absolute atomic E-state index is 9.63. The Bertz CT molecular complexity index is 979. The summed E-state index contributed by atoms with van der Waals surface area (Å²) in [5, 5.41) is 9.63. The number of aryl methyl sites for hydroxylation is 1. The zero-order valence-electron chi connectivity index (χ0n) is 15.0. The molecule has 0 aliphatic carbocycles. The topological polar surface area (TPSA) is 47.6 Å². The molecule has 5 heteroatoms. The average molecular weight is 333 g/mol. The van der Waals surface area contributed by atoms with Crippen LogP contribution in [-0.4, -0.2) is 47.5 Å². The number of nitriles is 1. The van der Waals surface area contributed by atoms with E-state index in [9.17, 15) is 5.26 Å². The van der Waals surface area contributed by atoms with Gasteiger partial charge in [0.15, 0.2) is 5.65 Å². The number of anilines is 1. The number of para-hydroxylation sites is 2. The van der Waals surface area contributed by atoms with E-state index in [0.717, 1.165) is 41.2 Å². The molecule has 2 aromatic heterocycles. The normalized spacial score (nSPS) is 18.2. The second-order valence-corrected chi connectivity index (χ2v) is 7.14. The lowest BCUT2D eigenvalue weighted by Crippen LogP contribution is -2.45. The van der Waals surface area contributed by atoms with Crippen LogP contribution in [0.2, 0.25) is 0 Å². The highest BCUT2D eigenvalue weighted by atomic mass is 15.3. The molecule has 3 heterocycles. The van der Waals surface area contributed by atoms with E-state index >= 15 is 0 Å². The van der Waals surface area contributed by atoms with E-state index in [2.05, 4.69) is 46.5 Å². The van der Waals surface area contributed by atoms with Crippen LogP contribution in [0.5, 0.6) is 0 Å². The van der Waals surface area contributed by atoms with Crippen molar-refractivity contribution in [2.45, 2.75) is 25.8 Å². The van der Waals surface area contributed by atoms with Gasteiger partial charge in [-0.2, -0.15) is 5.26 Å². The second-order valence-electron chi connectivity index (χ2n) is 7.14. The second kappa shape index (κ2) is 6.05. The monoisotopic (exact) mass is 333 g/mol. The molecule has 4 rings (SSSR count). The van der Waals surface area contributed by atoms with Crippen molar-refractivity contribution in [3.8, 4) is 6.07 Å². The SMILES string of the molecule is Cc1cc(N2CCCC(N(C)C)C2)n2c(nc3ccccc32)c1C#N. The van der Waals surface area contributed by atoms with E-state index in [-0.39, 0.29) is 0 Å². The summed E-state index contributed by atoms with van der Waals surface area (Å²) in [5.74, 6) is 1.15. The minimum absolute atomic E-state index is 0.550. The Morgan fingerprint density at radius 3 is 2.84 bits per heavy atom. The van der Waals surface area contributed by atoms with Crippen LogP contribution < -0.4 is 4.90 Å². The zero-order chi connectivity index (χ0) is 17.6. The third-order valence-electron chi connectivity index (χ3n) is 5.32. The number of piperidine rings is 1. The molecule has 1 aliphatic heterocycles. The summed E-state index contributed by atoms with van der Waals surface area (Å²) >= 11 is 0. The molecule has 25 heavy (non-hydrogen) atoms. The van der Waals surface area contributed by atoms with E-state index in [0.29, 0.717) is 11.6 Å². The van der Waals surface area contributed by atoms with Crippen molar-refractivity contribution >= 4 is 22.5 Å².